The molecular weight excluding hydrogens is 204 g/mol. The van der Waals surface area contributed by atoms with Crippen molar-refractivity contribution in [2.45, 2.75) is 39.7 Å². The highest BCUT2D eigenvalue weighted by Gasteiger charge is 2.27. The van der Waals surface area contributed by atoms with Gasteiger partial charge in [-0.25, -0.2) is 0 Å². The van der Waals surface area contributed by atoms with Crippen molar-refractivity contribution in [3.05, 3.63) is 0 Å². The van der Waals surface area contributed by atoms with Gasteiger partial charge in [-0.15, -0.1) is 0 Å². The van der Waals surface area contributed by atoms with Crippen LogP contribution >= 0.6 is 0 Å². The minimum Gasteiger partial charge on any atom is -0.355 e. The van der Waals surface area contributed by atoms with Crippen LogP contribution in [0.5, 0.6) is 0 Å². The van der Waals surface area contributed by atoms with E-state index in [0.717, 1.165) is 25.9 Å². The number of nitrogens with one attached hydrogen (secondary N) is 1. The molecule has 1 heterocycles. The fourth-order valence-electron chi connectivity index (χ4n) is 2.08. The summed E-state index contributed by atoms with van der Waals surface area (Å²) < 4.78 is 0. The maximum Gasteiger partial charge on any atom is 0.222 e. The van der Waals surface area contributed by atoms with Crippen molar-refractivity contribution >= 4 is 11.7 Å². The van der Waals surface area contributed by atoms with Crippen LogP contribution in [0.1, 0.15) is 33.6 Å². The number of rotatable bonds is 5. The molecule has 1 N–H and O–H groups in total. The first-order valence-corrected chi connectivity index (χ1v) is 6.04. The Balaban J connectivity index is 2.27. The molecule has 1 atom stereocenters. The molecule has 0 bridgehead atoms. The van der Waals surface area contributed by atoms with Gasteiger partial charge < -0.3 is 5.32 Å². The maximum atomic E-state index is 11.3. The van der Waals surface area contributed by atoms with Crippen LogP contribution in [0.2, 0.25) is 0 Å². The normalized spacial score (nSPS) is 21.4. The molecule has 4 heteroatoms. The third kappa shape index (κ3) is 3.59. The fourth-order valence-corrected chi connectivity index (χ4v) is 2.08. The van der Waals surface area contributed by atoms with Crippen LogP contribution in [0.4, 0.5) is 0 Å². The molecule has 1 rings (SSSR count). The zero-order chi connectivity index (χ0) is 12.1. The van der Waals surface area contributed by atoms with Crippen LogP contribution < -0.4 is 5.32 Å². The summed E-state index contributed by atoms with van der Waals surface area (Å²) in [4.78, 5) is 24.8. The highest BCUT2D eigenvalue weighted by molar-refractivity contribution is 5.81. The fraction of sp³-hybridized carbons (Fsp3) is 0.833. The molecular formula is C12H22N2O2. The van der Waals surface area contributed by atoms with E-state index in [-0.39, 0.29) is 23.7 Å². The largest absolute Gasteiger partial charge is 0.355 e. The summed E-state index contributed by atoms with van der Waals surface area (Å²) in [5.41, 5.74) is 0. The summed E-state index contributed by atoms with van der Waals surface area (Å²) in [6.45, 7) is 7.80. The van der Waals surface area contributed by atoms with Gasteiger partial charge in [-0.3, -0.25) is 14.5 Å². The molecule has 1 saturated heterocycles. The molecule has 1 unspecified atom stereocenters. The molecule has 0 radical (unpaired) electrons. The van der Waals surface area contributed by atoms with Gasteiger partial charge in [0.2, 0.25) is 5.91 Å². The Kier molecular flexibility index (Phi) is 4.93. The standard InChI is InChI=1S/C12H22N2O2/c1-9(2)12(16)13-6-8-14-7-4-5-11(14)10(3)15/h9,11H,4-8H2,1-3H3,(H,13,16). The SMILES string of the molecule is CC(=O)C1CCCN1CCNC(=O)C(C)C. The van der Waals surface area contributed by atoms with Crippen molar-refractivity contribution in [3.8, 4) is 0 Å². The van der Waals surface area contributed by atoms with Crippen LogP contribution in [0.15, 0.2) is 0 Å². The van der Waals surface area contributed by atoms with E-state index >= 15 is 0 Å². The number of nitrogens with zero attached hydrogens (tertiary/aromatic N) is 1. The van der Waals surface area contributed by atoms with Crippen LogP contribution in [-0.4, -0.2) is 42.3 Å². The van der Waals surface area contributed by atoms with Gasteiger partial charge in [-0.1, -0.05) is 13.8 Å². The van der Waals surface area contributed by atoms with Crippen molar-refractivity contribution in [1.29, 1.82) is 0 Å². The second kappa shape index (κ2) is 5.99. The van der Waals surface area contributed by atoms with Gasteiger partial charge in [0, 0.05) is 19.0 Å². The average molecular weight is 226 g/mol. The number of hydrogen-bond acceptors (Lipinski definition) is 3. The molecule has 16 heavy (non-hydrogen) atoms. The van der Waals surface area contributed by atoms with Gasteiger partial charge in [-0.2, -0.15) is 0 Å². The summed E-state index contributed by atoms with van der Waals surface area (Å²) in [7, 11) is 0. The number of hydrogen-bond donors (Lipinski definition) is 1. The average Bonchev–Trinajstić information content (AvgIpc) is 2.65. The summed E-state index contributed by atoms with van der Waals surface area (Å²) in [5.74, 6) is 0.355. The molecule has 0 saturated carbocycles. The van der Waals surface area contributed by atoms with Crippen molar-refractivity contribution in [3.63, 3.8) is 0 Å². The molecule has 1 aliphatic rings. The van der Waals surface area contributed by atoms with Gasteiger partial charge in [0.25, 0.3) is 0 Å². The van der Waals surface area contributed by atoms with E-state index in [0.29, 0.717) is 6.54 Å². The molecule has 4 nitrogen and oxygen atoms in total. The van der Waals surface area contributed by atoms with Crippen molar-refractivity contribution < 1.29 is 9.59 Å². The molecule has 0 aromatic rings. The van der Waals surface area contributed by atoms with Crippen LogP contribution in [0.3, 0.4) is 0 Å². The van der Waals surface area contributed by atoms with Crippen molar-refractivity contribution in [2.75, 3.05) is 19.6 Å². The van der Waals surface area contributed by atoms with Crippen LogP contribution in [0, 0.1) is 5.92 Å². The van der Waals surface area contributed by atoms with E-state index in [1.807, 2.05) is 13.8 Å². The molecule has 0 aliphatic carbocycles. The summed E-state index contributed by atoms with van der Waals surface area (Å²) in [6.07, 6.45) is 2.05. The van der Waals surface area contributed by atoms with E-state index in [1.54, 1.807) is 6.92 Å². The lowest BCUT2D eigenvalue weighted by molar-refractivity contribution is -0.124. The number of ketones is 1. The Bertz CT molecular complexity index is 264. The molecule has 92 valence electrons. The molecule has 0 spiro atoms. The van der Waals surface area contributed by atoms with Gasteiger partial charge in [-0.05, 0) is 26.3 Å². The van der Waals surface area contributed by atoms with Crippen LogP contribution in [0.25, 0.3) is 0 Å². The second-order valence-electron chi connectivity index (χ2n) is 4.75. The summed E-state index contributed by atoms with van der Waals surface area (Å²) >= 11 is 0. The predicted molar refractivity (Wildman–Crippen MR) is 63.1 cm³/mol. The van der Waals surface area contributed by atoms with E-state index in [2.05, 4.69) is 10.2 Å². The first-order valence-electron chi connectivity index (χ1n) is 6.04. The Morgan fingerprint density at radius 1 is 1.44 bits per heavy atom. The lowest BCUT2D eigenvalue weighted by atomic mass is 10.1. The Morgan fingerprint density at radius 3 is 2.69 bits per heavy atom. The van der Waals surface area contributed by atoms with Gasteiger partial charge in [0.1, 0.15) is 5.78 Å². The van der Waals surface area contributed by atoms with E-state index in [1.165, 1.54) is 0 Å². The highest BCUT2D eigenvalue weighted by atomic mass is 16.1. The quantitative estimate of drug-likeness (QED) is 0.755. The topological polar surface area (TPSA) is 49.4 Å². The molecule has 0 aromatic carbocycles. The molecule has 0 aromatic heterocycles. The maximum absolute atomic E-state index is 11.3. The zero-order valence-electron chi connectivity index (χ0n) is 10.5. The first-order chi connectivity index (χ1) is 7.52. The second-order valence-corrected chi connectivity index (χ2v) is 4.75. The number of likely N-dealkylation sites (tertiary alicyclic amines) is 1. The van der Waals surface area contributed by atoms with Gasteiger partial charge in [0.15, 0.2) is 0 Å². The predicted octanol–water partition coefficient (Wildman–Crippen LogP) is 0.812. The number of amides is 1. The van der Waals surface area contributed by atoms with Crippen molar-refractivity contribution in [2.24, 2.45) is 5.92 Å². The van der Waals surface area contributed by atoms with E-state index in [4.69, 9.17) is 0 Å². The highest BCUT2D eigenvalue weighted by Crippen LogP contribution is 2.16. The molecule has 1 amide bonds. The number of Topliss-reactive ketones (excluding diaryl/α,β-unsaturated/α-hetero) is 1. The monoisotopic (exact) mass is 226 g/mol. The number of carbonyl (C=O) groups excluding carboxylic acids is 2. The number of carbonyl (C=O) groups is 2. The lowest BCUT2D eigenvalue weighted by Crippen LogP contribution is -2.41. The Hall–Kier alpha value is -0.900. The first kappa shape index (κ1) is 13.2. The van der Waals surface area contributed by atoms with Gasteiger partial charge in [0.05, 0.1) is 6.04 Å². The van der Waals surface area contributed by atoms with E-state index < -0.39 is 0 Å². The third-order valence-corrected chi connectivity index (χ3v) is 3.06. The Morgan fingerprint density at radius 2 is 2.12 bits per heavy atom. The third-order valence-electron chi connectivity index (χ3n) is 3.06. The lowest BCUT2D eigenvalue weighted by Gasteiger charge is -2.22. The molecule has 1 aliphatic heterocycles. The van der Waals surface area contributed by atoms with Gasteiger partial charge >= 0.3 is 0 Å². The van der Waals surface area contributed by atoms with E-state index in [9.17, 15) is 9.59 Å². The minimum atomic E-state index is 0.0298. The molecule has 1 fully saturated rings. The zero-order valence-corrected chi connectivity index (χ0v) is 10.5. The minimum absolute atomic E-state index is 0.0298. The summed E-state index contributed by atoms with van der Waals surface area (Å²) in [6, 6.07) is 0.0796. The van der Waals surface area contributed by atoms with Crippen LogP contribution in [-0.2, 0) is 9.59 Å². The summed E-state index contributed by atoms with van der Waals surface area (Å²) in [5, 5.41) is 2.88. The van der Waals surface area contributed by atoms with Crippen molar-refractivity contribution in [1.82, 2.24) is 10.2 Å². The Labute approximate surface area is 97.4 Å². The smallest absolute Gasteiger partial charge is 0.222 e.